The summed E-state index contributed by atoms with van der Waals surface area (Å²) in [6.45, 7) is 7.01. The summed E-state index contributed by atoms with van der Waals surface area (Å²) >= 11 is 0. The van der Waals surface area contributed by atoms with Gasteiger partial charge in [-0.2, -0.15) is 0 Å². The third-order valence-electron chi connectivity index (χ3n) is 7.28. The molecular formula is C23H34N4O3. The van der Waals surface area contributed by atoms with E-state index in [-0.39, 0.29) is 23.9 Å². The van der Waals surface area contributed by atoms with Crippen molar-refractivity contribution in [3.05, 3.63) is 30.1 Å². The summed E-state index contributed by atoms with van der Waals surface area (Å²) in [7, 11) is 0. The van der Waals surface area contributed by atoms with Crippen LogP contribution in [0.2, 0.25) is 0 Å². The number of aromatic nitrogens is 1. The van der Waals surface area contributed by atoms with Crippen molar-refractivity contribution < 1.29 is 14.3 Å². The summed E-state index contributed by atoms with van der Waals surface area (Å²) in [6, 6.07) is 4.17. The van der Waals surface area contributed by atoms with E-state index in [0.717, 1.165) is 64.1 Å². The molecule has 164 valence electrons. The zero-order chi connectivity index (χ0) is 21.0. The lowest BCUT2D eigenvalue weighted by Gasteiger charge is -2.35. The summed E-state index contributed by atoms with van der Waals surface area (Å²) in [5.41, 5.74) is 0.651. The highest BCUT2D eigenvalue weighted by Crippen LogP contribution is 2.52. The van der Waals surface area contributed by atoms with Crippen molar-refractivity contribution in [1.82, 2.24) is 20.1 Å². The van der Waals surface area contributed by atoms with Gasteiger partial charge in [0.25, 0.3) is 0 Å². The van der Waals surface area contributed by atoms with Gasteiger partial charge >= 0.3 is 0 Å². The van der Waals surface area contributed by atoms with Crippen LogP contribution in [0.1, 0.15) is 44.6 Å². The van der Waals surface area contributed by atoms with Gasteiger partial charge in [-0.15, -0.1) is 0 Å². The number of morpholine rings is 1. The van der Waals surface area contributed by atoms with Gasteiger partial charge in [-0.25, -0.2) is 0 Å². The maximum atomic E-state index is 13.3. The lowest BCUT2D eigenvalue weighted by Crippen LogP contribution is -2.51. The molecule has 7 heteroatoms. The first-order chi connectivity index (χ1) is 14.6. The highest BCUT2D eigenvalue weighted by atomic mass is 16.5. The van der Waals surface area contributed by atoms with Crippen LogP contribution in [0.15, 0.2) is 24.5 Å². The molecule has 3 fully saturated rings. The highest BCUT2D eigenvalue weighted by molar-refractivity contribution is 5.87. The molecule has 3 aliphatic heterocycles. The topological polar surface area (TPSA) is 74.8 Å². The fraction of sp³-hybridized carbons (Fsp3) is 0.696. The second kappa shape index (κ2) is 9.43. The summed E-state index contributed by atoms with van der Waals surface area (Å²) < 4.78 is 5.39. The molecule has 2 amide bonds. The van der Waals surface area contributed by atoms with E-state index in [0.29, 0.717) is 19.4 Å². The molecule has 0 radical (unpaired) electrons. The van der Waals surface area contributed by atoms with Crippen LogP contribution in [-0.2, 0) is 20.7 Å². The molecule has 0 aliphatic carbocycles. The third-order valence-corrected chi connectivity index (χ3v) is 7.28. The Labute approximate surface area is 179 Å². The van der Waals surface area contributed by atoms with Crippen molar-refractivity contribution in [3.8, 4) is 0 Å². The molecule has 3 atom stereocenters. The average Bonchev–Trinajstić information content (AvgIpc) is 3.35. The van der Waals surface area contributed by atoms with E-state index in [1.165, 1.54) is 0 Å². The van der Waals surface area contributed by atoms with Gasteiger partial charge in [0, 0.05) is 57.1 Å². The zero-order valence-corrected chi connectivity index (χ0v) is 18.0. The lowest BCUT2D eigenvalue weighted by molar-refractivity contribution is -0.136. The van der Waals surface area contributed by atoms with Crippen LogP contribution < -0.4 is 5.32 Å². The predicted molar refractivity (Wildman–Crippen MR) is 114 cm³/mol. The van der Waals surface area contributed by atoms with E-state index < -0.39 is 5.41 Å². The predicted octanol–water partition coefficient (Wildman–Crippen LogP) is 1.62. The summed E-state index contributed by atoms with van der Waals surface area (Å²) in [6.07, 6.45) is 8.30. The molecule has 4 heterocycles. The molecule has 30 heavy (non-hydrogen) atoms. The number of nitrogens with one attached hydrogen (secondary N) is 1. The molecule has 2 bridgehead atoms. The van der Waals surface area contributed by atoms with Crippen molar-refractivity contribution in [2.45, 2.75) is 57.5 Å². The number of carbonyl (C=O) groups excluding carboxylic acids is 2. The van der Waals surface area contributed by atoms with Gasteiger partial charge in [-0.05, 0) is 43.7 Å². The minimum atomic E-state index is -0.433. The van der Waals surface area contributed by atoms with E-state index in [9.17, 15) is 9.59 Å². The first-order valence-electron chi connectivity index (χ1n) is 11.4. The van der Waals surface area contributed by atoms with Crippen LogP contribution in [0.4, 0.5) is 0 Å². The fourth-order valence-electron chi connectivity index (χ4n) is 5.60. The monoisotopic (exact) mass is 414 g/mol. The molecule has 0 aromatic carbocycles. The van der Waals surface area contributed by atoms with E-state index in [2.05, 4.69) is 27.0 Å². The van der Waals surface area contributed by atoms with E-state index in [4.69, 9.17) is 4.74 Å². The first kappa shape index (κ1) is 21.2. The Bertz CT molecular complexity index is 737. The Kier molecular flexibility index (Phi) is 6.68. The Morgan fingerprint density at radius 3 is 2.87 bits per heavy atom. The Hall–Kier alpha value is -1.99. The van der Waals surface area contributed by atoms with E-state index in [1.807, 2.05) is 18.3 Å². The quantitative estimate of drug-likeness (QED) is 0.700. The largest absolute Gasteiger partial charge is 0.379 e. The average molecular weight is 415 g/mol. The number of hydrogen-bond donors (Lipinski definition) is 1. The van der Waals surface area contributed by atoms with Crippen molar-refractivity contribution in [1.29, 1.82) is 0 Å². The van der Waals surface area contributed by atoms with Gasteiger partial charge in [0.1, 0.15) is 0 Å². The van der Waals surface area contributed by atoms with Crippen LogP contribution in [0, 0.1) is 5.41 Å². The number of nitrogens with zero attached hydrogens (tertiary/aromatic N) is 3. The highest BCUT2D eigenvalue weighted by Gasteiger charge is 2.59. The molecule has 1 aromatic rings. The first-order valence-corrected chi connectivity index (χ1v) is 11.4. The van der Waals surface area contributed by atoms with Gasteiger partial charge in [0.05, 0.1) is 18.6 Å². The number of amides is 2. The van der Waals surface area contributed by atoms with Gasteiger partial charge in [-0.3, -0.25) is 19.5 Å². The second-order valence-corrected chi connectivity index (χ2v) is 8.83. The molecule has 7 nitrogen and oxygen atoms in total. The van der Waals surface area contributed by atoms with Crippen LogP contribution >= 0.6 is 0 Å². The number of aryl methyl sites for hydroxylation is 1. The smallest absolute Gasteiger partial charge is 0.228 e. The zero-order valence-electron chi connectivity index (χ0n) is 18.0. The molecule has 1 N–H and O–H groups in total. The molecule has 3 saturated heterocycles. The van der Waals surface area contributed by atoms with Crippen molar-refractivity contribution >= 4 is 11.8 Å². The van der Waals surface area contributed by atoms with Gasteiger partial charge in [0.15, 0.2) is 0 Å². The number of rotatable bonds is 8. The SMILES string of the molecule is CC[C@]1(C(=O)NCCN2CCOCC2)C[C@H]2CC[C@@H]1N2C(=O)CCc1cccnc1. The van der Waals surface area contributed by atoms with Crippen LogP contribution in [-0.4, -0.2) is 78.1 Å². The number of pyridine rings is 1. The minimum Gasteiger partial charge on any atom is -0.379 e. The van der Waals surface area contributed by atoms with Crippen molar-refractivity contribution in [3.63, 3.8) is 0 Å². The maximum absolute atomic E-state index is 13.3. The third kappa shape index (κ3) is 4.23. The summed E-state index contributed by atoms with van der Waals surface area (Å²) in [4.78, 5) is 34.9. The lowest BCUT2D eigenvalue weighted by atomic mass is 9.71. The summed E-state index contributed by atoms with van der Waals surface area (Å²) in [5, 5.41) is 3.20. The normalized spacial score (nSPS) is 28.6. The molecule has 4 rings (SSSR count). The standard InChI is InChI=1S/C23H34N4O3/c1-2-23(22(29)25-10-11-26-12-14-30-15-13-26)16-19-6-7-20(23)27(19)21(28)8-5-18-4-3-9-24-17-18/h3-4,9,17,19-20H,2,5-8,10-16H2,1H3,(H,25,29)/t19-,20+,23+/m1/s1. The molecule has 0 saturated carbocycles. The van der Waals surface area contributed by atoms with Crippen LogP contribution in [0.5, 0.6) is 0 Å². The molecular weight excluding hydrogens is 380 g/mol. The minimum absolute atomic E-state index is 0.0392. The molecule has 1 aromatic heterocycles. The molecule has 0 spiro atoms. The Balaban J connectivity index is 1.34. The van der Waals surface area contributed by atoms with Crippen LogP contribution in [0.3, 0.4) is 0 Å². The molecule has 0 unspecified atom stereocenters. The number of fused-ring (bicyclic) bond motifs is 2. The van der Waals surface area contributed by atoms with E-state index in [1.54, 1.807) is 6.20 Å². The molecule has 3 aliphatic rings. The number of hydrogen-bond acceptors (Lipinski definition) is 5. The number of ether oxygens (including phenoxy) is 1. The number of carbonyl (C=O) groups is 2. The maximum Gasteiger partial charge on any atom is 0.228 e. The van der Waals surface area contributed by atoms with E-state index >= 15 is 0 Å². The van der Waals surface area contributed by atoms with Gasteiger partial charge in [-0.1, -0.05) is 13.0 Å². The fourth-order valence-corrected chi connectivity index (χ4v) is 5.60. The Morgan fingerprint density at radius 2 is 2.13 bits per heavy atom. The summed E-state index contributed by atoms with van der Waals surface area (Å²) in [5.74, 6) is 0.318. The van der Waals surface area contributed by atoms with Gasteiger partial charge < -0.3 is 15.0 Å². The second-order valence-electron chi connectivity index (χ2n) is 8.83. The Morgan fingerprint density at radius 1 is 1.30 bits per heavy atom. The van der Waals surface area contributed by atoms with Crippen molar-refractivity contribution in [2.24, 2.45) is 5.41 Å². The van der Waals surface area contributed by atoms with Gasteiger partial charge in [0.2, 0.25) is 11.8 Å². The van der Waals surface area contributed by atoms with Crippen molar-refractivity contribution in [2.75, 3.05) is 39.4 Å². The van der Waals surface area contributed by atoms with Crippen LogP contribution in [0.25, 0.3) is 0 Å².